The molecule has 1 heterocycles. The second-order valence-corrected chi connectivity index (χ2v) is 5.51. The number of nitrogen functional groups attached to an aromatic ring is 1. The van der Waals surface area contributed by atoms with Gasteiger partial charge in [-0.1, -0.05) is 12.1 Å². The van der Waals surface area contributed by atoms with Gasteiger partial charge in [0.15, 0.2) is 0 Å². The second-order valence-electron chi connectivity index (χ2n) is 4.37. The lowest BCUT2D eigenvalue weighted by molar-refractivity contribution is 0.367. The summed E-state index contributed by atoms with van der Waals surface area (Å²) in [6.45, 7) is 2.39. The number of para-hydroxylation sites is 1. The molecule has 0 atom stereocenters. The Morgan fingerprint density at radius 3 is 2.75 bits per heavy atom. The Balaban J connectivity index is 1.73. The van der Waals surface area contributed by atoms with E-state index >= 15 is 0 Å². The Labute approximate surface area is 102 Å². The third kappa shape index (κ3) is 3.42. The minimum atomic E-state index is 0.915. The first kappa shape index (κ1) is 11.8. The minimum absolute atomic E-state index is 0.915. The topological polar surface area (TPSA) is 38.0 Å². The van der Waals surface area contributed by atoms with Crippen LogP contribution >= 0.6 is 11.8 Å². The lowest BCUT2D eigenvalue weighted by atomic mass is 9.96. The van der Waals surface area contributed by atoms with E-state index in [1.54, 1.807) is 0 Å². The summed E-state index contributed by atoms with van der Waals surface area (Å²) in [4.78, 5) is 1.23. The zero-order valence-corrected chi connectivity index (χ0v) is 10.4. The van der Waals surface area contributed by atoms with Crippen molar-refractivity contribution < 1.29 is 0 Å². The van der Waals surface area contributed by atoms with E-state index in [0.29, 0.717) is 0 Å². The van der Waals surface area contributed by atoms with Gasteiger partial charge in [-0.3, -0.25) is 0 Å². The van der Waals surface area contributed by atoms with E-state index in [1.165, 1.54) is 43.0 Å². The molecule has 1 saturated heterocycles. The van der Waals surface area contributed by atoms with Crippen LogP contribution in [-0.2, 0) is 0 Å². The van der Waals surface area contributed by atoms with Crippen molar-refractivity contribution in [2.75, 3.05) is 24.6 Å². The van der Waals surface area contributed by atoms with E-state index in [2.05, 4.69) is 17.4 Å². The number of rotatable bonds is 4. The summed E-state index contributed by atoms with van der Waals surface area (Å²) in [5.74, 6) is 2.11. The van der Waals surface area contributed by atoms with Crippen molar-refractivity contribution in [2.45, 2.75) is 24.2 Å². The Hall–Kier alpha value is -0.670. The normalized spacial score (nSPS) is 17.5. The molecule has 1 aromatic rings. The lowest BCUT2D eigenvalue weighted by Gasteiger charge is -2.22. The third-order valence-corrected chi connectivity index (χ3v) is 4.28. The zero-order chi connectivity index (χ0) is 11.2. The Morgan fingerprint density at radius 1 is 1.25 bits per heavy atom. The molecular formula is C13H20N2S. The van der Waals surface area contributed by atoms with E-state index in [-0.39, 0.29) is 0 Å². The third-order valence-electron chi connectivity index (χ3n) is 3.16. The number of benzene rings is 1. The first-order chi connectivity index (χ1) is 7.86. The molecule has 1 aromatic carbocycles. The quantitative estimate of drug-likeness (QED) is 0.623. The second kappa shape index (κ2) is 6.16. The highest BCUT2D eigenvalue weighted by atomic mass is 32.2. The van der Waals surface area contributed by atoms with Crippen molar-refractivity contribution in [2.24, 2.45) is 5.92 Å². The maximum atomic E-state index is 5.91. The van der Waals surface area contributed by atoms with Gasteiger partial charge in [-0.25, -0.2) is 0 Å². The maximum absolute atomic E-state index is 5.91. The molecule has 2 rings (SSSR count). The van der Waals surface area contributed by atoms with Crippen LogP contribution in [0.3, 0.4) is 0 Å². The molecule has 0 bridgehead atoms. The van der Waals surface area contributed by atoms with Gasteiger partial charge in [0.2, 0.25) is 0 Å². The maximum Gasteiger partial charge on any atom is 0.0452 e. The van der Waals surface area contributed by atoms with E-state index in [1.807, 2.05) is 23.9 Å². The smallest absolute Gasteiger partial charge is 0.0452 e. The van der Waals surface area contributed by atoms with Crippen LogP contribution < -0.4 is 11.1 Å². The molecule has 1 aliphatic rings. The van der Waals surface area contributed by atoms with Crippen molar-refractivity contribution in [1.29, 1.82) is 0 Å². The van der Waals surface area contributed by atoms with E-state index in [0.717, 1.165) is 11.6 Å². The van der Waals surface area contributed by atoms with Gasteiger partial charge < -0.3 is 11.1 Å². The van der Waals surface area contributed by atoms with Crippen LogP contribution in [-0.4, -0.2) is 18.8 Å². The molecule has 0 aromatic heterocycles. The highest BCUT2D eigenvalue weighted by molar-refractivity contribution is 7.99. The Kier molecular flexibility index (Phi) is 4.55. The molecule has 3 heteroatoms. The molecule has 2 nitrogen and oxygen atoms in total. The lowest BCUT2D eigenvalue weighted by Crippen LogP contribution is -2.27. The predicted molar refractivity (Wildman–Crippen MR) is 71.8 cm³/mol. The first-order valence-corrected chi connectivity index (χ1v) is 7.03. The fraction of sp³-hybridized carbons (Fsp3) is 0.538. The number of thioether (sulfide) groups is 1. The molecule has 88 valence electrons. The molecule has 0 aliphatic carbocycles. The molecule has 0 amide bonds. The number of piperidine rings is 1. The number of anilines is 1. The fourth-order valence-corrected chi connectivity index (χ4v) is 3.20. The number of nitrogens with two attached hydrogens (primary N) is 1. The van der Waals surface area contributed by atoms with Crippen LogP contribution in [0.15, 0.2) is 29.2 Å². The molecule has 1 aliphatic heterocycles. The van der Waals surface area contributed by atoms with Gasteiger partial charge in [-0.2, -0.15) is 0 Å². The van der Waals surface area contributed by atoms with Crippen molar-refractivity contribution in [1.82, 2.24) is 5.32 Å². The average molecular weight is 236 g/mol. The van der Waals surface area contributed by atoms with Crippen LogP contribution in [0.1, 0.15) is 19.3 Å². The largest absolute Gasteiger partial charge is 0.398 e. The van der Waals surface area contributed by atoms with Gasteiger partial charge in [-0.15, -0.1) is 11.8 Å². The van der Waals surface area contributed by atoms with Crippen molar-refractivity contribution in [3.8, 4) is 0 Å². The summed E-state index contributed by atoms with van der Waals surface area (Å²) in [6.07, 6.45) is 4.00. The highest BCUT2D eigenvalue weighted by Crippen LogP contribution is 2.27. The first-order valence-electron chi connectivity index (χ1n) is 6.04. The van der Waals surface area contributed by atoms with Gasteiger partial charge in [0.1, 0.15) is 0 Å². The summed E-state index contributed by atoms with van der Waals surface area (Å²) >= 11 is 1.90. The van der Waals surface area contributed by atoms with E-state index < -0.39 is 0 Å². The minimum Gasteiger partial charge on any atom is -0.398 e. The van der Waals surface area contributed by atoms with Crippen LogP contribution in [0, 0.1) is 5.92 Å². The van der Waals surface area contributed by atoms with Crippen LogP contribution in [0.25, 0.3) is 0 Å². The summed E-state index contributed by atoms with van der Waals surface area (Å²) in [5, 5.41) is 3.41. The molecule has 0 radical (unpaired) electrons. The highest BCUT2D eigenvalue weighted by Gasteiger charge is 2.12. The van der Waals surface area contributed by atoms with E-state index in [4.69, 9.17) is 5.73 Å². The van der Waals surface area contributed by atoms with Crippen molar-refractivity contribution in [3.05, 3.63) is 24.3 Å². The van der Waals surface area contributed by atoms with E-state index in [9.17, 15) is 0 Å². The number of hydrogen-bond donors (Lipinski definition) is 2. The molecular weight excluding hydrogens is 216 g/mol. The number of hydrogen-bond acceptors (Lipinski definition) is 3. The SMILES string of the molecule is Nc1ccccc1SCCC1CCNCC1. The fourth-order valence-electron chi connectivity index (χ4n) is 2.12. The monoisotopic (exact) mass is 236 g/mol. The molecule has 0 spiro atoms. The Morgan fingerprint density at radius 2 is 2.00 bits per heavy atom. The van der Waals surface area contributed by atoms with Crippen LogP contribution in [0.5, 0.6) is 0 Å². The van der Waals surface area contributed by atoms with Crippen LogP contribution in [0.2, 0.25) is 0 Å². The summed E-state index contributed by atoms with van der Waals surface area (Å²) in [5.41, 5.74) is 6.82. The standard InChI is InChI=1S/C13H20N2S/c14-12-3-1-2-4-13(12)16-10-7-11-5-8-15-9-6-11/h1-4,11,15H,5-10,14H2. The summed E-state index contributed by atoms with van der Waals surface area (Å²) in [6, 6.07) is 8.14. The average Bonchev–Trinajstić information content (AvgIpc) is 2.33. The Bertz CT molecular complexity index is 321. The van der Waals surface area contributed by atoms with Gasteiger partial charge in [-0.05, 0) is 56.2 Å². The van der Waals surface area contributed by atoms with Crippen LogP contribution in [0.4, 0.5) is 5.69 Å². The molecule has 3 N–H and O–H groups in total. The zero-order valence-electron chi connectivity index (χ0n) is 9.61. The summed E-state index contributed by atoms with van der Waals surface area (Å²) in [7, 11) is 0. The molecule has 0 unspecified atom stereocenters. The van der Waals surface area contributed by atoms with Gasteiger partial charge >= 0.3 is 0 Å². The summed E-state index contributed by atoms with van der Waals surface area (Å²) < 4.78 is 0. The molecule has 1 fully saturated rings. The molecule has 0 saturated carbocycles. The number of nitrogens with one attached hydrogen (secondary N) is 1. The van der Waals surface area contributed by atoms with Gasteiger partial charge in [0.05, 0.1) is 0 Å². The van der Waals surface area contributed by atoms with Gasteiger partial charge in [0.25, 0.3) is 0 Å². The van der Waals surface area contributed by atoms with Crippen molar-refractivity contribution in [3.63, 3.8) is 0 Å². The van der Waals surface area contributed by atoms with Crippen molar-refractivity contribution >= 4 is 17.4 Å². The van der Waals surface area contributed by atoms with Gasteiger partial charge in [0, 0.05) is 10.6 Å². The predicted octanol–water partition coefficient (Wildman–Crippen LogP) is 2.75. The molecule has 16 heavy (non-hydrogen) atoms.